The van der Waals surface area contributed by atoms with Crippen molar-refractivity contribution in [2.75, 3.05) is 52.9 Å². The number of hydrogen-bond acceptors (Lipinski definition) is 16. The summed E-state index contributed by atoms with van der Waals surface area (Å²) >= 11 is 0. The maximum absolute atomic E-state index is 14.4. The Morgan fingerprint density at radius 2 is 0.679 bits per heavy atom. The summed E-state index contributed by atoms with van der Waals surface area (Å²) in [7, 11) is 0. The molecular formula is C68H88O16. The number of ether oxygens (including phenoxy) is 12. The molecule has 16 nitrogen and oxygen atoms in total. The minimum absolute atomic E-state index is 0.103. The third-order valence-corrected chi connectivity index (χ3v) is 16.6. The van der Waals surface area contributed by atoms with Crippen molar-refractivity contribution in [2.45, 2.75) is 196 Å². The summed E-state index contributed by atoms with van der Waals surface area (Å²) < 4.78 is 78.8. The second-order valence-corrected chi connectivity index (χ2v) is 23.2. The fourth-order valence-electron chi connectivity index (χ4n) is 11.8. The van der Waals surface area contributed by atoms with Gasteiger partial charge >= 0.3 is 23.9 Å². The van der Waals surface area contributed by atoms with Crippen LogP contribution in [0.5, 0.6) is 0 Å². The van der Waals surface area contributed by atoms with Crippen molar-refractivity contribution < 1.29 is 76.0 Å². The highest BCUT2D eigenvalue weighted by atomic mass is 16.7. The highest BCUT2D eigenvalue weighted by molar-refractivity contribution is 5.91. The highest BCUT2D eigenvalue weighted by Crippen LogP contribution is 2.33. The van der Waals surface area contributed by atoms with E-state index in [1.54, 1.807) is 121 Å². The number of rotatable bonds is 30. The Balaban J connectivity index is 1.03. The largest absolute Gasteiger partial charge is 0.459 e. The van der Waals surface area contributed by atoms with Crippen LogP contribution >= 0.6 is 0 Å². The van der Waals surface area contributed by atoms with Crippen molar-refractivity contribution in [2.24, 2.45) is 5.92 Å². The SMILES string of the molecule is O=C(OC[C@H]1O[C@@H](OCC(COC(COC2CCCCC2)COC2CCCCC2)COC(COC2CCCCC2)COC2CCCCC2)[C@H](OC(=O)c2ccccc2)[C@@H](OC(=O)c2ccccc2)[C@H]1OC(=O)c1ccccc1)c1ccccc1. The fourth-order valence-corrected chi connectivity index (χ4v) is 11.8. The van der Waals surface area contributed by atoms with Crippen LogP contribution in [0.2, 0.25) is 0 Å². The molecule has 5 aliphatic rings. The first-order chi connectivity index (χ1) is 41.3. The molecule has 5 atom stereocenters. The van der Waals surface area contributed by atoms with E-state index in [-0.39, 0.29) is 66.5 Å². The molecular weight excluding hydrogens is 1070 g/mol. The number of carbonyl (C=O) groups excluding carboxylic acids is 4. The molecule has 16 heteroatoms. The first-order valence-corrected chi connectivity index (χ1v) is 31.3. The molecule has 4 aliphatic carbocycles. The summed E-state index contributed by atoms with van der Waals surface area (Å²) in [5, 5.41) is 0. The van der Waals surface area contributed by atoms with E-state index in [1.807, 2.05) is 0 Å². The van der Waals surface area contributed by atoms with Gasteiger partial charge in [-0.25, -0.2) is 19.2 Å². The molecule has 0 unspecified atom stereocenters. The summed E-state index contributed by atoms with van der Waals surface area (Å²) in [6.07, 6.45) is 14.1. The molecule has 84 heavy (non-hydrogen) atoms. The summed E-state index contributed by atoms with van der Waals surface area (Å²) in [4.78, 5) is 56.8. The quantitative estimate of drug-likeness (QED) is 0.0355. The van der Waals surface area contributed by atoms with Crippen LogP contribution in [0.1, 0.15) is 170 Å². The second-order valence-electron chi connectivity index (χ2n) is 23.2. The smallest absolute Gasteiger partial charge is 0.338 e. The van der Waals surface area contributed by atoms with Gasteiger partial charge in [0, 0.05) is 5.92 Å². The van der Waals surface area contributed by atoms with E-state index in [1.165, 1.54) is 25.7 Å². The van der Waals surface area contributed by atoms with Crippen LogP contribution in [0.25, 0.3) is 0 Å². The van der Waals surface area contributed by atoms with Gasteiger partial charge in [-0.3, -0.25) is 0 Å². The lowest BCUT2D eigenvalue weighted by molar-refractivity contribution is -0.302. The monoisotopic (exact) mass is 1160 g/mol. The Morgan fingerprint density at radius 3 is 1.04 bits per heavy atom. The summed E-state index contributed by atoms with van der Waals surface area (Å²) in [6.45, 7) is 1.07. The van der Waals surface area contributed by atoms with Gasteiger partial charge in [-0.2, -0.15) is 0 Å². The molecule has 0 aromatic heterocycles. The van der Waals surface area contributed by atoms with Crippen LogP contribution in [0, 0.1) is 5.92 Å². The van der Waals surface area contributed by atoms with Gasteiger partial charge in [0.15, 0.2) is 24.6 Å². The van der Waals surface area contributed by atoms with Crippen molar-refractivity contribution >= 4 is 23.9 Å². The van der Waals surface area contributed by atoms with Crippen LogP contribution in [0.3, 0.4) is 0 Å². The standard InChI is InChI=1S/C68H88O16/c69-64(50-25-9-1-10-26-50)79-48-60-61(82-65(70)51-27-11-2-12-28-51)62(83-66(71)52-29-13-3-14-30-52)63(84-67(72)53-31-15-4-16-32-53)68(81-60)80-43-49(41-73-58(44-75-54-33-17-5-18-34-54)45-76-55-35-19-6-20-36-55)42-74-59(46-77-56-37-21-7-22-38-56)47-78-57-39-23-8-24-40-57/h1-4,9-16,25-32,49,54-63,68H,5-8,17-24,33-48H2/t60-,61+,62+,63-,68-/m1/s1. The molecule has 1 heterocycles. The molecule has 0 bridgehead atoms. The molecule has 4 saturated carbocycles. The third-order valence-electron chi connectivity index (χ3n) is 16.6. The zero-order valence-corrected chi connectivity index (χ0v) is 48.8. The maximum atomic E-state index is 14.4. The zero-order chi connectivity index (χ0) is 58.0. The van der Waals surface area contributed by atoms with E-state index in [4.69, 9.17) is 56.8 Å². The molecule has 0 amide bonds. The molecule has 5 fully saturated rings. The topological polar surface area (TPSA) is 179 Å². The highest BCUT2D eigenvalue weighted by Gasteiger charge is 2.54. The van der Waals surface area contributed by atoms with Crippen LogP contribution in [-0.2, 0) is 56.8 Å². The molecule has 0 radical (unpaired) electrons. The second kappa shape index (κ2) is 34.6. The zero-order valence-electron chi connectivity index (χ0n) is 48.8. The molecule has 456 valence electrons. The molecule has 1 aliphatic heterocycles. The first kappa shape index (κ1) is 63.0. The minimum Gasteiger partial charge on any atom is -0.459 e. The number of esters is 4. The predicted octanol–water partition coefficient (Wildman–Crippen LogP) is 12.0. The van der Waals surface area contributed by atoms with Crippen LogP contribution < -0.4 is 0 Å². The van der Waals surface area contributed by atoms with Gasteiger partial charge in [-0.1, -0.05) is 150 Å². The summed E-state index contributed by atoms with van der Waals surface area (Å²) in [5.41, 5.74) is 0.812. The van der Waals surface area contributed by atoms with E-state index in [9.17, 15) is 19.2 Å². The Morgan fingerprint density at radius 1 is 0.357 bits per heavy atom. The lowest BCUT2D eigenvalue weighted by atomic mass is 9.97. The van der Waals surface area contributed by atoms with Gasteiger partial charge in [0.2, 0.25) is 0 Å². The lowest BCUT2D eigenvalue weighted by Gasteiger charge is -2.44. The number of benzene rings is 4. The molecule has 0 N–H and O–H groups in total. The van der Waals surface area contributed by atoms with Gasteiger partial charge in [-0.15, -0.1) is 0 Å². The number of hydrogen-bond donors (Lipinski definition) is 0. The van der Waals surface area contributed by atoms with Gasteiger partial charge in [0.05, 0.1) is 92.9 Å². The fraction of sp³-hybridized carbons (Fsp3) is 0.588. The van der Waals surface area contributed by atoms with E-state index in [0.29, 0.717) is 26.4 Å². The first-order valence-electron chi connectivity index (χ1n) is 31.3. The van der Waals surface area contributed by atoms with E-state index >= 15 is 0 Å². The van der Waals surface area contributed by atoms with Gasteiger partial charge in [-0.05, 0) is 99.9 Å². The van der Waals surface area contributed by atoms with E-state index in [0.717, 1.165) is 103 Å². The normalized spacial score (nSPS) is 22.2. The Labute approximate surface area is 496 Å². The average molecular weight is 1160 g/mol. The van der Waals surface area contributed by atoms with Crippen molar-refractivity contribution in [3.05, 3.63) is 144 Å². The minimum atomic E-state index is -1.60. The van der Waals surface area contributed by atoms with Crippen molar-refractivity contribution in [3.63, 3.8) is 0 Å². The van der Waals surface area contributed by atoms with Crippen LogP contribution in [-0.4, -0.2) is 144 Å². The molecule has 4 aromatic carbocycles. The van der Waals surface area contributed by atoms with E-state index < -0.39 is 79.3 Å². The summed E-state index contributed by atoms with van der Waals surface area (Å²) in [5.74, 6) is -3.59. The molecule has 9 rings (SSSR count). The van der Waals surface area contributed by atoms with Gasteiger partial charge in [0.25, 0.3) is 0 Å². The number of carbonyl (C=O) groups is 4. The molecule has 0 spiro atoms. The Kier molecular flexibility index (Phi) is 25.9. The van der Waals surface area contributed by atoms with Crippen molar-refractivity contribution in [1.82, 2.24) is 0 Å². The lowest BCUT2D eigenvalue weighted by Crippen LogP contribution is -2.63. The van der Waals surface area contributed by atoms with Crippen molar-refractivity contribution in [3.8, 4) is 0 Å². The van der Waals surface area contributed by atoms with E-state index in [2.05, 4.69) is 0 Å². The third kappa shape index (κ3) is 20.3. The average Bonchev–Trinajstić information content (AvgIpc) is 3.59. The maximum Gasteiger partial charge on any atom is 0.338 e. The van der Waals surface area contributed by atoms with Gasteiger partial charge in [0.1, 0.15) is 24.9 Å². The van der Waals surface area contributed by atoms with Gasteiger partial charge < -0.3 is 56.8 Å². The van der Waals surface area contributed by atoms with Crippen molar-refractivity contribution in [1.29, 1.82) is 0 Å². The van der Waals surface area contributed by atoms with Crippen LogP contribution in [0.15, 0.2) is 121 Å². The molecule has 1 saturated heterocycles. The molecule has 4 aromatic rings. The Bertz CT molecular complexity index is 2420. The summed E-state index contributed by atoms with van der Waals surface area (Å²) in [6, 6.07) is 33.3. The Hall–Kier alpha value is -5.56. The predicted molar refractivity (Wildman–Crippen MR) is 313 cm³/mol. The van der Waals surface area contributed by atoms with Crippen LogP contribution in [0.4, 0.5) is 0 Å².